The zero-order valence-corrected chi connectivity index (χ0v) is 13.2. The summed E-state index contributed by atoms with van der Waals surface area (Å²) in [5.41, 5.74) is 1.53. The van der Waals surface area contributed by atoms with Crippen LogP contribution >= 0.6 is 0 Å². The minimum atomic E-state index is -0.428. The predicted molar refractivity (Wildman–Crippen MR) is 84.6 cm³/mol. The van der Waals surface area contributed by atoms with Gasteiger partial charge in [0.25, 0.3) is 5.91 Å². The second kappa shape index (κ2) is 6.93. The molecular formula is C17H21N3O3. The van der Waals surface area contributed by atoms with Gasteiger partial charge in [-0.05, 0) is 19.0 Å². The molecule has 1 aliphatic heterocycles. The van der Waals surface area contributed by atoms with Gasteiger partial charge in [-0.25, -0.2) is 0 Å². The summed E-state index contributed by atoms with van der Waals surface area (Å²) in [7, 11) is 1.99. The van der Waals surface area contributed by atoms with Crippen LogP contribution < -0.4 is 0 Å². The maximum Gasteiger partial charge on any atom is 0.276 e. The Kier molecular flexibility index (Phi) is 4.73. The standard InChI is InChI=1S/C17H21N3O3/c1-19(10-13-5-3-2-4-6-13)12-15-9-16(18-23-15)17(22)20-8-7-14(21)11-20/h2-6,9,14,21H,7-8,10-12H2,1H3/t14-/m1/s1. The molecule has 1 fully saturated rings. The molecule has 3 rings (SSSR count). The van der Waals surface area contributed by atoms with Crippen LogP contribution in [0.15, 0.2) is 40.9 Å². The molecule has 1 aliphatic rings. The highest BCUT2D eigenvalue weighted by atomic mass is 16.5. The van der Waals surface area contributed by atoms with Crippen LogP contribution in [0.1, 0.15) is 28.2 Å². The number of aliphatic hydroxyl groups is 1. The molecule has 0 radical (unpaired) electrons. The summed E-state index contributed by atoms with van der Waals surface area (Å²) in [5.74, 6) is 0.480. The van der Waals surface area contributed by atoms with E-state index in [0.717, 1.165) is 6.54 Å². The molecule has 2 aromatic rings. The van der Waals surface area contributed by atoms with Crippen molar-refractivity contribution in [3.8, 4) is 0 Å². The van der Waals surface area contributed by atoms with Crippen LogP contribution in [0.3, 0.4) is 0 Å². The average molecular weight is 315 g/mol. The number of aliphatic hydroxyl groups excluding tert-OH is 1. The highest BCUT2D eigenvalue weighted by molar-refractivity contribution is 5.92. The zero-order valence-electron chi connectivity index (χ0n) is 13.2. The van der Waals surface area contributed by atoms with Gasteiger partial charge in [0.15, 0.2) is 11.5 Å². The Labute approximate surface area is 135 Å². The Bertz CT molecular complexity index is 656. The molecule has 0 bridgehead atoms. The molecule has 1 atom stereocenters. The van der Waals surface area contributed by atoms with Crippen molar-refractivity contribution in [1.29, 1.82) is 0 Å². The van der Waals surface area contributed by atoms with Crippen LogP contribution in [0.5, 0.6) is 0 Å². The molecule has 1 amide bonds. The number of amides is 1. The van der Waals surface area contributed by atoms with E-state index in [4.69, 9.17) is 4.52 Å². The van der Waals surface area contributed by atoms with E-state index >= 15 is 0 Å². The number of aromatic nitrogens is 1. The fourth-order valence-electron chi connectivity index (χ4n) is 2.79. The van der Waals surface area contributed by atoms with Crippen molar-refractivity contribution in [2.75, 3.05) is 20.1 Å². The van der Waals surface area contributed by atoms with E-state index in [2.05, 4.69) is 22.2 Å². The molecular weight excluding hydrogens is 294 g/mol. The van der Waals surface area contributed by atoms with Crippen LogP contribution in [0.25, 0.3) is 0 Å². The number of benzene rings is 1. The van der Waals surface area contributed by atoms with Crippen molar-refractivity contribution in [1.82, 2.24) is 15.0 Å². The van der Waals surface area contributed by atoms with E-state index in [1.807, 2.05) is 25.2 Å². The van der Waals surface area contributed by atoms with E-state index in [0.29, 0.717) is 37.5 Å². The fourth-order valence-corrected chi connectivity index (χ4v) is 2.79. The number of rotatable bonds is 5. The quantitative estimate of drug-likeness (QED) is 0.906. The maximum atomic E-state index is 12.3. The number of hydrogen-bond donors (Lipinski definition) is 1. The molecule has 23 heavy (non-hydrogen) atoms. The fraction of sp³-hybridized carbons (Fsp3) is 0.412. The van der Waals surface area contributed by atoms with E-state index < -0.39 is 6.10 Å². The molecule has 6 heteroatoms. The summed E-state index contributed by atoms with van der Waals surface area (Å²) >= 11 is 0. The topological polar surface area (TPSA) is 69.8 Å². The highest BCUT2D eigenvalue weighted by Crippen LogP contribution is 2.15. The highest BCUT2D eigenvalue weighted by Gasteiger charge is 2.27. The van der Waals surface area contributed by atoms with Crippen LogP contribution in [0.2, 0.25) is 0 Å². The molecule has 0 spiro atoms. The monoisotopic (exact) mass is 315 g/mol. The first-order valence-electron chi connectivity index (χ1n) is 7.77. The van der Waals surface area contributed by atoms with Crippen LogP contribution in [-0.2, 0) is 13.1 Å². The largest absolute Gasteiger partial charge is 0.391 e. The molecule has 0 unspecified atom stereocenters. The van der Waals surface area contributed by atoms with Gasteiger partial charge in [-0.15, -0.1) is 0 Å². The molecule has 122 valence electrons. The summed E-state index contributed by atoms with van der Waals surface area (Å²) in [6, 6.07) is 11.9. The second-order valence-electron chi connectivity index (χ2n) is 6.03. The zero-order chi connectivity index (χ0) is 16.2. The predicted octanol–water partition coefficient (Wildman–Crippen LogP) is 1.51. The Morgan fingerprint density at radius 1 is 1.39 bits per heavy atom. The summed E-state index contributed by atoms with van der Waals surface area (Å²) in [6.07, 6.45) is 0.193. The van der Waals surface area contributed by atoms with Crippen molar-refractivity contribution in [2.24, 2.45) is 0 Å². The number of hydrogen-bond acceptors (Lipinski definition) is 5. The normalized spacial score (nSPS) is 17.9. The molecule has 1 saturated heterocycles. The third-order valence-electron chi connectivity index (χ3n) is 3.95. The minimum absolute atomic E-state index is 0.178. The Morgan fingerprint density at radius 3 is 2.87 bits per heavy atom. The number of carbonyl (C=O) groups is 1. The summed E-state index contributed by atoms with van der Waals surface area (Å²) in [6.45, 7) is 2.31. The molecule has 2 heterocycles. The van der Waals surface area contributed by atoms with Gasteiger partial charge in [-0.3, -0.25) is 9.69 Å². The first-order chi connectivity index (χ1) is 11.1. The van der Waals surface area contributed by atoms with E-state index in [1.54, 1.807) is 11.0 Å². The SMILES string of the molecule is CN(Cc1ccccc1)Cc1cc(C(=O)N2CC[C@@H](O)C2)no1. The van der Waals surface area contributed by atoms with Gasteiger partial charge < -0.3 is 14.5 Å². The van der Waals surface area contributed by atoms with Crippen molar-refractivity contribution >= 4 is 5.91 Å². The van der Waals surface area contributed by atoms with Gasteiger partial charge in [0.2, 0.25) is 0 Å². The first-order valence-corrected chi connectivity index (χ1v) is 7.77. The molecule has 1 aromatic heterocycles. The van der Waals surface area contributed by atoms with E-state index in [-0.39, 0.29) is 5.91 Å². The van der Waals surface area contributed by atoms with Crippen LogP contribution in [0.4, 0.5) is 0 Å². The van der Waals surface area contributed by atoms with Gasteiger partial charge in [-0.2, -0.15) is 0 Å². The van der Waals surface area contributed by atoms with Crippen LogP contribution in [-0.4, -0.2) is 52.2 Å². The van der Waals surface area contributed by atoms with Gasteiger partial charge in [0.05, 0.1) is 12.6 Å². The van der Waals surface area contributed by atoms with Gasteiger partial charge in [-0.1, -0.05) is 35.5 Å². The van der Waals surface area contributed by atoms with Crippen molar-refractivity contribution in [2.45, 2.75) is 25.6 Å². The number of nitrogens with zero attached hydrogens (tertiary/aromatic N) is 3. The average Bonchev–Trinajstić information content (AvgIpc) is 3.17. The number of β-amino-alcohol motifs (C(OH)–C–C–N with tert-alkyl or cyclic N) is 1. The third-order valence-corrected chi connectivity index (χ3v) is 3.95. The molecule has 1 aromatic carbocycles. The Morgan fingerprint density at radius 2 is 2.17 bits per heavy atom. The Hall–Kier alpha value is -2.18. The summed E-state index contributed by atoms with van der Waals surface area (Å²) in [4.78, 5) is 16.0. The second-order valence-corrected chi connectivity index (χ2v) is 6.03. The lowest BCUT2D eigenvalue weighted by Gasteiger charge is -2.14. The maximum absolute atomic E-state index is 12.3. The number of likely N-dealkylation sites (tertiary alicyclic amines) is 1. The van der Waals surface area contributed by atoms with Gasteiger partial charge >= 0.3 is 0 Å². The summed E-state index contributed by atoms with van der Waals surface area (Å²) in [5, 5.41) is 13.4. The summed E-state index contributed by atoms with van der Waals surface area (Å²) < 4.78 is 5.28. The smallest absolute Gasteiger partial charge is 0.276 e. The number of carbonyl (C=O) groups excluding carboxylic acids is 1. The van der Waals surface area contributed by atoms with Crippen LogP contribution in [0, 0.1) is 0 Å². The van der Waals surface area contributed by atoms with Crippen molar-refractivity contribution < 1.29 is 14.4 Å². The van der Waals surface area contributed by atoms with Gasteiger partial charge in [0.1, 0.15) is 0 Å². The lowest BCUT2D eigenvalue weighted by molar-refractivity contribution is 0.0754. The Balaban J connectivity index is 1.57. The molecule has 0 saturated carbocycles. The minimum Gasteiger partial charge on any atom is -0.391 e. The molecule has 1 N–H and O–H groups in total. The molecule has 0 aliphatic carbocycles. The van der Waals surface area contributed by atoms with E-state index in [1.165, 1.54) is 5.56 Å². The third kappa shape index (κ3) is 3.97. The van der Waals surface area contributed by atoms with E-state index in [9.17, 15) is 9.90 Å². The lowest BCUT2D eigenvalue weighted by atomic mass is 10.2. The lowest BCUT2D eigenvalue weighted by Crippen LogP contribution is -2.29. The van der Waals surface area contributed by atoms with Crippen molar-refractivity contribution in [3.63, 3.8) is 0 Å². The first kappa shape index (κ1) is 15.7. The van der Waals surface area contributed by atoms with Gasteiger partial charge in [0, 0.05) is 25.7 Å². The molecule has 6 nitrogen and oxygen atoms in total. The van der Waals surface area contributed by atoms with Crippen molar-refractivity contribution in [3.05, 3.63) is 53.4 Å².